The van der Waals surface area contributed by atoms with Gasteiger partial charge in [0.25, 0.3) is 0 Å². The fourth-order valence-electron chi connectivity index (χ4n) is 2.20. The van der Waals surface area contributed by atoms with Gasteiger partial charge in [0, 0.05) is 15.9 Å². The van der Waals surface area contributed by atoms with Crippen LogP contribution in [0.5, 0.6) is 0 Å². The quantitative estimate of drug-likeness (QED) is 0.197. The molecule has 0 unspecified atom stereocenters. The summed E-state index contributed by atoms with van der Waals surface area (Å²) < 4.78 is 0. The van der Waals surface area contributed by atoms with E-state index in [-0.39, 0.29) is 10.3 Å². The van der Waals surface area contributed by atoms with Crippen LogP contribution in [0.2, 0.25) is 0 Å². The molecule has 0 bridgehead atoms. The first kappa shape index (κ1) is 30.1. The molecule has 0 saturated heterocycles. The molecule has 1 aromatic carbocycles. The summed E-state index contributed by atoms with van der Waals surface area (Å²) in [5.41, 5.74) is 11.6. The zero-order valence-corrected chi connectivity index (χ0v) is 18.6. The van der Waals surface area contributed by atoms with Crippen molar-refractivity contribution >= 4 is 24.2 Å². The largest absolute Gasteiger partial charge is 0.361 e. The highest BCUT2D eigenvalue weighted by molar-refractivity contribution is 8.02. The molecule has 2 rings (SSSR count). The fourth-order valence-corrected chi connectivity index (χ4v) is 3.17. The molecule has 0 amide bonds. The Labute approximate surface area is 191 Å². The van der Waals surface area contributed by atoms with Crippen LogP contribution in [0, 0.1) is 0 Å². The van der Waals surface area contributed by atoms with Gasteiger partial charge in [-0.15, -0.1) is 11.8 Å². The third kappa shape index (κ3) is 14.8. The first-order valence-corrected chi connectivity index (χ1v) is 10.7. The molecule has 4 N–H and O–H groups in total. The average molecular weight is 437 g/mol. The highest BCUT2D eigenvalue weighted by Gasteiger charge is 2.16. The first-order chi connectivity index (χ1) is 14.0. The van der Waals surface area contributed by atoms with Crippen molar-refractivity contribution in [3.05, 3.63) is 77.8 Å². The Morgan fingerprint density at radius 1 is 1.33 bits per heavy atom. The van der Waals surface area contributed by atoms with E-state index in [0.717, 1.165) is 36.5 Å². The van der Waals surface area contributed by atoms with E-state index in [1.54, 1.807) is 0 Å². The van der Waals surface area contributed by atoms with Crippen molar-refractivity contribution in [1.82, 2.24) is 10.4 Å². The van der Waals surface area contributed by atoms with Crippen molar-refractivity contribution in [3.8, 4) is 0 Å². The van der Waals surface area contributed by atoms with Crippen LogP contribution in [0.25, 0.3) is 5.70 Å². The Morgan fingerprint density at radius 2 is 1.97 bits per heavy atom. The number of rotatable bonds is 9. The van der Waals surface area contributed by atoms with Gasteiger partial charge < -0.3 is 15.8 Å². The van der Waals surface area contributed by atoms with Crippen LogP contribution in [0.3, 0.4) is 0 Å². The third-order valence-electron chi connectivity index (χ3n) is 3.47. The summed E-state index contributed by atoms with van der Waals surface area (Å²) in [4.78, 5) is 6.03. The molecule has 1 aromatic rings. The van der Waals surface area contributed by atoms with Crippen LogP contribution in [-0.2, 0) is 0 Å². The summed E-state index contributed by atoms with van der Waals surface area (Å²) >= 11 is 1.82. The second kappa shape index (κ2) is 20.2. The summed E-state index contributed by atoms with van der Waals surface area (Å²) in [6.45, 7) is 17.6. The monoisotopic (exact) mass is 436 g/mol. The van der Waals surface area contributed by atoms with Crippen molar-refractivity contribution in [1.29, 1.82) is 0 Å². The Balaban J connectivity index is -0.000000216. The Kier molecular flexibility index (Phi) is 20.2. The molecule has 0 atom stereocenters. The molecule has 172 valence electrons. The number of hydrogen-bond acceptors (Lipinski definition) is 6. The van der Waals surface area contributed by atoms with Gasteiger partial charge in [0.1, 0.15) is 0 Å². The number of hydrogen-bond donors (Lipinski definition) is 3. The normalized spacial score (nSPS) is 12.0. The highest BCUT2D eigenvalue weighted by atomic mass is 32.2. The standard InChI is InChI=1S/C12H16N2OS.C9H13N.C2H7N.CH4.2H2/c15-13-7-4-8-14-10-16-9-12(14)11-5-2-1-3-6-11;1-8(2)5-6-9(3)7-10-4;1-2-3;;;/h1-3,5-6,9,13,15H,4,7-8,10H2;5-6H,1,3-4,7H2,2H3;2-3H2,1H3;1H4;2*1H/b;6-5-;;;;. The fraction of sp³-hybridized carbons (Fsp3) is 0.375. The van der Waals surface area contributed by atoms with Crippen LogP contribution >= 0.6 is 11.8 Å². The van der Waals surface area contributed by atoms with Gasteiger partial charge in [0.05, 0.1) is 18.1 Å². The number of allylic oxidation sites excluding steroid dienone is 2. The van der Waals surface area contributed by atoms with E-state index in [2.05, 4.69) is 64.9 Å². The molecule has 0 aliphatic carbocycles. The van der Waals surface area contributed by atoms with Gasteiger partial charge in [-0.1, -0.05) is 75.6 Å². The second-order valence-corrected chi connectivity index (χ2v) is 7.15. The van der Waals surface area contributed by atoms with Crippen LogP contribution in [0.15, 0.2) is 77.2 Å². The van der Waals surface area contributed by atoms with Crippen LogP contribution in [0.4, 0.5) is 0 Å². The van der Waals surface area contributed by atoms with Crippen LogP contribution in [0.1, 0.15) is 36.1 Å². The van der Waals surface area contributed by atoms with E-state index in [4.69, 9.17) is 10.9 Å². The minimum absolute atomic E-state index is 0. The second-order valence-electron chi connectivity index (χ2n) is 6.32. The maximum absolute atomic E-state index is 8.53. The van der Waals surface area contributed by atoms with Gasteiger partial charge in [0.2, 0.25) is 0 Å². The lowest BCUT2D eigenvalue weighted by Gasteiger charge is -2.21. The van der Waals surface area contributed by atoms with Gasteiger partial charge >= 0.3 is 0 Å². The minimum Gasteiger partial charge on any atom is -0.361 e. The number of nitrogens with one attached hydrogen (secondary N) is 1. The molecule has 6 heteroatoms. The molecule has 0 spiro atoms. The number of nitrogens with two attached hydrogens (primary N) is 1. The van der Waals surface area contributed by atoms with E-state index >= 15 is 0 Å². The molecular formula is C24H44N4OS. The van der Waals surface area contributed by atoms with Crippen molar-refractivity contribution in [3.63, 3.8) is 0 Å². The minimum atomic E-state index is 0. The lowest BCUT2D eigenvalue weighted by Crippen LogP contribution is -2.22. The van der Waals surface area contributed by atoms with E-state index < -0.39 is 0 Å². The maximum atomic E-state index is 8.53. The summed E-state index contributed by atoms with van der Waals surface area (Å²) in [7, 11) is 0. The molecule has 0 radical (unpaired) electrons. The molecule has 0 saturated carbocycles. The summed E-state index contributed by atoms with van der Waals surface area (Å²) in [5.74, 6) is 1.01. The summed E-state index contributed by atoms with van der Waals surface area (Å²) in [6, 6.07) is 10.4. The topological polar surface area (TPSA) is 73.9 Å². The molecule has 1 heterocycles. The van der Waals surface area contributed by atoms with Crippen molar-refractivity contribution < 1.29 is 8.06 Å². The third-order valence-corrected chi connectivity index (χ3v) is 4.32. The Hall–Kier alpha value is -2.12. The van der Waals surface area contributed by atoms with Crippen LogP contribution in [-0.4, -0.2) is 48.9 Å². The van der Waals surface area contributed by atoms with E-state index in [9.17, 15) is 0 Å². The number of aliphatic imine (C=N–C) groups is 1. The van der Waals surface area contributed by atoms with Crippen LogP contribution < -0.4 is 11.2 Å². The van der Waals surface area contributed by atoms with Crippen molar-refractivity contribution in [2.24, 2.45) is 10.7 Å². The van der Waals surface area contributed by atoms with Gasteiger partial charge in [-0.2, -0.15) is 0 Å². The number of thioether (sulfide) groups is 1. The van der Waals surface area contributed by atoms with E-state index in [1.807, 2.05) is 43.8 Å². The van der Waals surface area contributed by atoms with Gasteiger partial charge in [0.15, 0.2) is 0 Å². The molecule has 0 fully saturated rings. The molecule has 1 aliphatic heterocycles. The van der Waals surface area contributed by atoms with Gasteiger partial charge in [-0.05, 0) is 43.2 Å². The van der Waals surface area contributed by atoms with Crippen molar-refractivity contribution in [2.75, 3.05) is 32.1 Å². The SMILES string of the molecule is C.C=NCC(=C)/C=C\C(=C)C.CCN.ONCCCN1CSC=C1c1ccccc1.[HH].[HH]. The maximum Gasteiger partial charge on any atom is 0.0680 e. The average Bonchev–Trinajstić information content (AvgIpc) is 3.17. The predicted octanol–water partition coefficient (Wildman–Crippen LogP) is 5.83. The lowest BCUT2D eigenvalue weighted by molar-refractivity contribution is 0.163. The molecule has 1 aliphatic rings. The van der Waals surface area contributed by atoms with Gasteiger partial charge in [-0.3, -0.25) is 4.99 Å². The Bertz CT molecular complexity index is 667. The molecule has 30 heavy (non-hydrogen) atoms. The van der Waals surface area contributed by atoms with E-state index in [0.29, 0.717) is 13.1 Å². The first-order valence-electron chi connectivity index (χ1n) is 9.63. The van der Waals surface area contributed by atoms with E-state index in [1.165, 1.54) is 11.3 Å². The molecule has 5 nitrogen and oxygen atoms in total. The number of nitrogens with zero attached hydrogens (tertiary/aromatic N) is 2. The Morgan fingerprint density at radius 3 is 2.50 bits per heavy atom. The van der Waals surface area contributed by atoms with Gasteiger partial charge in [-0.25, -0.2) is 5.48 Å². The smallest absolute Gasteiger partial charge is 0.0680 e. The van der Waals surface area contributed by atoms with Crippen molar-refractivity contribution in [2.45, 2.75) is 27.7 Å². The summed E-state index contributed by atoms with van der Waals surface area (Å²) in [6.07, 6.45) is 4.76. The number of benzene rings is 1. The zero-order valence-electron chi connectivity index (χ0n) is 17.8. The lowest BCUT2D eigenvalue weighted by atomic mass is 10.1. The highest BCUT2D eigenvalue weighted by Crippen LogP contribution is 2.30. The molecule has 0 aromatic heterocycles. The summed E-state index contributed by atoms with van der Waals surface area (Å²) in [5, 5.41) is 10.7. The number of hydroxylamine groups is 1. The predicted molar refractivity (Wildman–Crippen MR) is 141 cm³/mol. The molecular weight excluding hydrogens is 392 g/mol. The zero-order chi connectivity index (χ0) is 21.9.